The van der Waals surface area contributed by atoms with E-state index < -0.39 is 0 Å². The standard InChI is InChI=1S/C23H22N6O2/c24-20-17(22(30)26-16-7-1-2-8-16)12-18-21(29(20)14-15-6-5-10-25-13-15)27-19-9-3-4-11-28(19)23(18)31/h3-6,9-13,16,24H,1-2,7-8,14H2,(H,26,30)/p+1. The molecule has 8 heteroatoms. The first-order valence-electron chi connectivity index (χ1n) is 10.4. The molecule has 0 saturated heterocycles. The normalized spacial score (nSPS) is 14.3. The number of fused-ring (bicyclic) bond motifs is 2. The maximum atomic E-state index is 13.2. The summed E-state index contributed by atoms with van der Waals surface area (Å²) >= 11 is 0. The van der Waals surface area contributed by atoms with Crippen LogP contribution in [0.5, 0.6) is 0 Å². The molecule has 8 nitrogen and oxygen atoms in total. The molecule has 1 aliphatic rings. The summed E-state index contributed by atoms with van der Waals surface area (Å²) in [7, 11) is 0. The predicted molar refractivity (Wildman–Crippen MR) is 117 cm³/mol. The average molecular weight is 415 g/mol. The van der Waals surface area contributed by atoms with E-state index >= 15 is 0 Å². The lowest BCUT2D eigenvalue weighted by molar-refractivity contribution is -0.649. The van der Waals surface area contributed by atoms with Gasteiger partial charge in [0.1, 0.15) is 10.9 Å². The molecule has 1 saturated carbocycles. The van der Waals surface area contributed by atoms with Gasteiger partial charge in [-0.2, -0.15) is 0 Å². The molecule has 31 heavy (non-hydrogen) atoms. The number of pyridine rings is 3. The monoisotopic (exact) mass is 415 g/mol. The zero-order chi connectivity index (χ0) is 21.4. The number of carbonyl (C=O) groups excluding carboxylic acids is 1. The van der Waals surface area contributed by atoms with Gasteiger partial charge >= 0.3 is 0 Å². The van der Waals surface area contributed by atoms with E-state index in [2.05, 4.69) is 10.3 Å². The molecule has 0 atom stereocenters. The van der Waals surface area contributed by atoms with Crippen LogP contribution in [0.15, 0.2) is 59.8 Å². The molecule has 0 spiro atoms. The highest BCUT2D eigenvalue weighted by Gasteiger charge is 2.26. The lowest BCUT2D eigenvalue weighted by Crippen LogP contribution is -2.44. The highest BCUT2D eigenvalue weighted by atomic mass is 16.2. The van der Waals surface area contributed by atoms with Crippen LogP contribution in [0.4, 0.5) is 5.82 Å². The molecule has 4 aromatic rings. The largest absolute Gasteiger partial charge is 0.349 e. The van der Waals surface area contributed by atoms with Gasteiger partial charge in [0.05, 0.1) is 6.54 Å². The van der Waals surface area contributed by atoms with Gasteiger partial charge < -0.3 is 11.1 Å². The minimum atomic E-state index is -0.260. The summed E-state index contributed by atoms with van der Waals surface area (Å²) in [5.74, 6) is 0.0165. The highest BCUT2D eigenvalue weighted by molar-refractivity contribution is 6.00. The second-order valence-electron chi connectivity index (χ2n) is 7.93. The Morgan fingerprint density at radius 1 is 1.23 bits per heavy atom. The first-order valence-corrected chi connectivity index (χ1v) is 10.4. The second-order valence-corrected chi connectivity index (χ2v) is 7.93. The SMILES string of the molecule is Nc1c(C(=O)NC2CCCC2)cc2c(=O)n3ccccc3nc2[n+]1Cc1cccnc1. The maximum Gasteiger partial charge on any atom is 0.278 e. The minimum Gasteiger partial charge on any atom is -0.349 e. The van der Waals surface area contributed by atoms with Gasteiger partial charge in [-0.1, -0.05) is 30.0 Å². The van der Waals surface area contributed by atoms with E-state index in [1.165, 1.54) is 4.40 Å². The number of hydrogen-bond donors (Lipinski definition) is 2. The molecule has 156 valence electrons. The quantitative estimate of drug-likeness (QED) is 0.391. The van der Waals surface area contributed by atoms with Crippen LogP contribution in [0, 0.1) is 0 Å². The zero-order valence-electron chi connectivity index (χ0n) is 17.0. The van der Waals surface area contributed by atoms with Crippen LogP contribution in [-0.2, 0) is 6.54 Å². The van der Waals surface area contributed by atoms with Crippen molar-refractivity contribution in [3.63, 3.8) is 0 Å². The van der Waals surface area contributed by atoms with Crippen LogP contribution < -0.4 is 21.2 Å². The number of nitrogens with two attached hydrogens (primary N) is 1. The molecule has 0 bridgehead atoms. The van der Waals surface area contributed by atoms with Gasteiger partial charge in [-0.25, -0.2) is 4.57 Å². The molecule has 1 amide bonds. The van der Waals surface area contributed by atoms with Gasteiger partial charge in [-0.15, -0.1) is 0 Å². The molecule has 0 unspecified atom stereocenters. The first-order chi connectivity index (χ1) is 15.1. The zero-order valence-corrected chi connectivity index (χ0v) is 17.0. The van der Waals surface area contributed by atoms with E-state index in [9.17, 15) is 9.59 Å². The van der Waals surface area contributed by atoms with Crippen molar-refractivity contribution in [2.75, 3.05) is 5.73 Å². The number of hydrogen-bond acceptors (Lipinski definition) is 5. The van der Waals surface area contributed by atoms with Crippen molar-refractivity contribution in [2.24, 2.45) is 0 Å². The topological polar surface area (TPSA) is 106 Å². The molecule has 4 aromatic heterocycles. The van der Waals surface area contributed by atoms with Gasteiger partial charge in [0, 0.05) is 30.2 Å². The van der Waals surface area contributed by atoms with Crippen molar-refractivity contribution in [2.45, 2.75) is 38.3 Å². The summed E-state index contributed by atoms with van der Waals surface area (Å²) in [6.45, 7) is 0.343. The van der Waals surface area contributed by atoms with Crippen LogP contribution in [-0.4, -0.2) is 26.3 Å². The van der Waals surface area contributed by atoms with E-state index in [4.69, 9.17) is 10.7 Å². The Bertz CT molecular complexity index is 1340. The number of nitrogens with one attached hydrogen (secondary N) is 1. The lowest BCUT2D eigenvalue weighted by Gasteiger charge is -2.15. The van der Waals surface area contributed by atoms with E-state index in [0.29, 0.717) is 23.2 Å². The van der Waals surface area contributed by atoms with Crippen LogP contribution in [0.2, 0.25) is 0 Å². The summed E-state index contributed by atoms with van der Waals surface area (Å²) in [5, 5.41) is 3.42. The fourth-order valence-electron chi connectivity index (χ4n) is 4.25. The van der Waals surface area contributed by atoms with Crippen molar-refractivity contribution in [3.05, 3.63) is 76.5 Å². The van der Waals surface area contributed by atoms with Gasteiger partial charge in [-0.05, 0) is 37.1 Å². The maximum absolute atomic E-state index is 13.2. The third kappa shape index (κ3) is 3.50. The predicted octanol–water partition coefficient (Wildman–Crippen LogP) is 1.83. The third-order valence-electron chi connectivity index (χ3n) is 5.86. The van der Waals surface area contributed by atoms with E-state index in [0.717, 1.165) is 31.2 Å². The molecular weight excluding hydrogens is 392 g/mol. The molecule has 0 aromatic carbocycles. The highest BCUT2D eigenvalue weighted by Crippen LogP contribution is 2.20. The fourth-order valence-corrected chi connectivity index (χ4v) is 4.25. The Hall–Kier alpha value is -3.81. The Labute approximate surface area is 178 Å². The number of rotatable bonds is 4. The number of anilines is 1. The summed E-state index contributed by atoms with van der Waals surface area (Å²) in [6, 6.07) is 10.8. The molecule has 3 N–H and O–H groups in total. The van der Waals surface area contributed by atoms with Crippen molar-refractivity contribution >= 4 is 28.4 Å². The third-order valence-corrected chi connectivity index (χ3v) is 5.86. The average Bonchev–Trinajstić information content (AvgIpc) is 3.30. The molecule has 0 aliphatic heterocycles. The lowest BCUT2D eigenvalue weighted by atomic mass is 10.1. The van der Waals surface area contributed by atoms with Crippen LogP contribution in [0.1, 0.15) is 41.6 Å². The second kappa shape index (κ2) is 7.79. The molecule has 1 fully saturated rings. The summed E-state index contributed by atoms with van der Waals surface area (Å²) in [6.07, 6.45) is 9.24. The van der Waals surface area contributed by atoms with Crippen LogP contribution in [0.3, 0.4) is 0 Å². The summed E-state index contributed by atoms with van der Waals surface area (Å²) in [4.78, 5) is 35.2. The number of carbonyl (C=O) groups is 1. The Balaban J connectivity index is 1.72. The summed E-state index contributed by atoms with van der Waals surface area (Å²) in [5.41, 5.74) is 8.40. The van der Waals surface area contributed by atoms with E-state index in [1.54, 1.807) is 41.4 Å². The molecule has 5 rings (SSSR count). The van der Waals surface area contributed by atoms with Crippen molar-refractivity contribution in [1.82, 2.24) is 19.7 Å². The van der Waals surface area contributed by atoms with Crippen LogP contribution in [0.25, 0.3) is 16.7 Å². The number of nitrogen functional groups attached to an aromatic ring is 1. The van der Waals surface area contributed by atoms with Crippen molar-refractivity contribution < 1.29 is 9.36 Å². The van der Waals surface area contributed by atoms with E-state index in [-0.39, 0.29) is 28.9 Å². The van der Waals surface area contributed by atoms with Gasteiger partial charge in [0.2, 0.25) is 11.5 Å². The summed E-state index contributed by atoms with van der Waals surface area (Å²) < 4.78 is 3.20. The fraction of sp³-hybridized carbons (Fsp3) is 0.261. The Morgan fingerprint density at radius 2 is 2.06 bits per heavy atom. The van der Waals surface area contributed by atoms with E-state index in [1.807, 2.05) is 18.2 Å². The Kier molecular flexibility index (Phi) is 4.82. The number of nitrogens with zero attached hydrogens (tertiary/aromatic N) is 4. The Morgan fingerprint density at radius 3 is 2.84 bits per heavy atom. The number of aromatic nitrogens is 4. The molecule has 1 aliphatic carbocycles. The first kappa shape index (κ1) is 19.2. The van der Waals surface area contributed by atoms with Gasteiger partial charge in [0.15, 0.2) is 0 Å². The van der Waals surface area contributed by atoms with Gasteiger partial charge in [-0.3, -0.25) is 19.0 Å². The smallest absolute Gasteiger partial charge is 0.278 e. The van der Waals surface area contributed by atoms with Crippen LogP contribution >= 0.6 is 0 Å². The molecular formula is C23H23N6O2+. The number of amides is 1. The molecule has 0 radical (unpaired) electrons. The van der Waals surface area contributed by atoms with Gasteiger partial charge in [0.25, 0.3) is 17.1 Å². The van der Waals surface area contributed by atoms with Crippen molar-refractivity contribution in [1.29, 1.82) is 0 Å². The minimum absolute atomic E-state index is 0.144. The van der Waals surface area contributed by atoms with Crippen molar-refractivity contribution in [3.8, 4) is 0 Å². The molecule has 4 heterocycles.